The summed E-state index contributed by atoms with van der Waals surface area (Å²) in [6, 6.07) is 5.10. The molecule has 0 N–H and O–H groups in total. The van der Waals surface area contributed by atoms with Gasteiger partial charge in [-0.3, -0.25) is 9.59 Å². The molecule has 25 heavy (non-hydrogen) atoms. The second-order valence-corrected chi connectivity index (χ2v) is 6.75. The molecular weight excluding hydrogens is 333 g/mol. The second kappa shape index (κ2) is 6.69. The molecule has 1 aliphatic carbocycles. The van der Waals surface area contributed by atoms with Crippen LogP contribution in [-0.4, -0.2) is 47.8 Å². The molecule has 2 unspecified atom stereocenters. The zero-order valence-corrected chi connectivity index (χ0v) is 14.1. The minimum absolute atomic E-state index is 0.00180. The van der Waals surface area contributed by atoms with E-state index in [1.165, 1.54) is 19.1 Å². The number of benzene rings is 1. The van der Waals surface area contributed by atoms with Crippen LogP contribution in [0.5, 0.6) is 0 Å². The highest BCUT2D eigenvalue weighted by atomic mass is 19.4. The Kier molecular flexibility index (Phi) is 4.75. The monoisotopic (exact) mass is 354 g/mol. The Labute approximate surface area is 144 Å². The summed E-state index contributed by atoms with van der Waals surface area (Å²) < 4.78 is 37.9. The molecule has 136 valence electrons. The summed E-state index contributed by atoms with van der Waals surface area (Å²) in [4.78, 5) is 27.6. The van der Waals surface area contributed by atoms with Gasteiger partial charge in [0.1, 0.15) is 0 Å². The Morgan fingerprint density at radius 3 is 2.20 bits per heavy atom. The molecule has 7 heteroatoms. The Bertz CT molecular complexity index is 657. The van der Waals surface area contributed by atoms with Crippen LogP contribution in [0.3, 0.4) is 0 Å². The van der Waals surface area contributed by atoms with E-state index in [2.05, 4.69) is 0 Å². The fraction of sp³-hybridized carbons (Fsp3) is 0.556. The highest BCUT2D eigenvalue weighted by Gasteiger charge is 2.46. The van der Waals surface area contributed by atoms with Crippen molar-refractivity contribution in [3.8, 4) is 0 Å². The van der Waals surface area contributed by atoms with Gasteiger partial charge in [0.15, 0.2) is 0 Å². The number of nitrogens with zero attached hydrogens (tertiary/aromatic N) is 2. The fourth-order valence-electron chi connectivity index (χ4n) is 3.44. The van der Waals surface area contributed by atoms with Crippen molar-refractivity contribution in [2.75, 3.05) is 26.2 Å². The van der Waals surface area contributed by atoms with Gasteiger partial charge in [0.25, 0.3) is 0 Å². The Morgan fingerprint density at radius 1 is 1.00 bits per heavy atom. The molecule has 0 aromatic heterocycles. The molecule has 0 spiro atoms. The summed E-state index contributed by atoms with van der Waals surface area (Å²) in [5, 5.41) is 0. The van der Waals surface area contributed by atoms with Gasteiger partial charge in [-0.15, -0.1) is 0 Å². The maximum atomic E-state index is 12.6. The summed E-state index contributed by atoms with van der Waals surface area (Å²) in [6.07, 6.45) is -2.91. The predicted molar refractivity (Wildman–Crippen MR) is 85.7 cm³/mol. The summed E-state index contributed by atoms with van der Waals surface area (Å²) >= 11 is 0. The number of hydrogen-bond donors (Lipinski definition) is 0. The number of alkyl halides is 3. The molecule has 4 nitrogen and oxygen atoms in total. The topological polar surface area (TPSA) is 40.6 Å². The minimum atomic E-state index is -4.34. The molecule has 2 atom stereocenters. The van der Waals surface area contributed by atoms with E-state index in [0.717, 1.165) is 24.1 Å². The lowest BCUT2D eigenvalue weighted by atomic mass is 10.1. The third-order valence-corrected chi connectivity index (χ3v) is 5.03. The number of carbonyl (C=O) groups excluding carboxylic acids is 2. The normalized spacial score (nSPS) is 24.0. The van der Waals surface area contributed by atoms with Gasteiger partial charge in [-0.05, 0) is 36.5 Å². The van der Waals surface area contributed by atoms with Gasteiger partial charge in [-0.1, -0.05) is 12.1 Å². The van der Waals surface area contributed by atoms with E-state index >= 15 is 0 Å². The molecule has 1 aromatic rings. The molecular formula is C18H21F3N2O2. The maximum absolute atomic E-state index is 12.6. The van der Waals surface area contributed by atoms with Crippen LogP contribution in [0.1, 0.15) is 36.8 Å². The molecule has 0 radical (unpaired) electrons. The van der Waals surface area contributed by atoms with Crippen LogP contribution in [0.15, 0.2) is 24.3 Å². The van der Waals surface area contributed by atoms with E-state index in [1.54, 1.807) is 9.80 Å². The summed E-state index contributed by atoms with van der Waals surface area (Å²) in [6.45, 7) is 3.87. The number of hydrogen-bond acceptors (Lipinski definition) is 2. The van der Waals surface area contributed by atoms with E-state index in [4.69, 9.17) is 0 Å². The third-order valence-electron chi connectivity index (χ3n) is 5.03. The highest BCUT2D eigenvalue weighted by molar-refractivity contribution is 5.83. The zero-order chi connectivity index (χ0) is 18.2. The lowest BCUT2D eigenvalue weighted by molar-refractivity contribution is -0.137. The number of halogens is 3. The first-order valence-electron chi connectivity index (χ1n) is 8.49. The van der Waals surface area contributed by atoms with E-state index in [-0.39, 0.29) is 23.7 Å². The number of carbonyl (C=O) groups is 2. The van der Waals surface area contributed by atoms with Crippen LogP contribution in [0, 0.1) is 5.92 Å². The van der Waals surface area contributed by atoms with Crippen molar-refractivity contribution < 1.29 is 22.8 Å². The van der Waals surface area contributed by atoms with E-state index in [0.29, 0.717) is 32.6 Å². The van der Waals surface area contributed by atoms with Gasteiger partial charge in [0.2, 0.25) is 11.8 Å². The molecule has 2 aliphatic rings. The zero-order valence-electron chi connectivity index (χ0n) is 14.1. The average Bonchev–Trinajstić information content (AvgIpc) is 3.37. The van der Waals surface area contributed by atoms with E-state index in [9.17, 15) is 22.8 Å². The first-order chi connectivity index (χ1) is 11.8. The summed E-state index contributed by atoms with van der Waals surface area (Å²) in [7, 11) is 0. The fourth-order valence-corrected chi connectivity index (χ4v) is 3.44. The predicted octanol–water partition coefficient (Wildman–Crippen LogP) is 2.89. The Morgan fingerprint density at radius 2 is 1.60 bits per heavy atom. The third kappa shape index (κ3) is 3.96. The molecule has 1 aliphatic heterocycles. The summed E-state index contributed by atoms with van der Waals surface area (Å²) in [5.41, 5.74) is 0.114. The highest BCUT2D eigenvalue weighted by Crippen LogP contribution is 2.49. The van der Waals surface area contributed by atoms with Crippen molar-refractivity contribution in [3.05, 3.63) is 35.4 Å². The molecule has 1 heterocycles. The smallest absolute Gasteiger partial charge is 0.341 e. The quantitative estimate of drug-likeness (QED) is 0.819. The number of rotatable bonds is 2. The minimum Gasteiger partial charge on any atom is -0.341 e. The van der Waals surface area contributed by atoms with Crippen molar-refractivity contribution >= 4 is 11.8 Å². The first-order valence-corrected chi connectivity index (χ1v) is 8.49. The van der Waals surface area contributed by atoms with Crippen LogP contribution in [0.2, 0.25) is 0 Å². The van der Waals surface area contributed by atoms with Gasteiger partial charge in [-0.2, -0.15) is 13.2 Å². The van der Waals surface area contributed by atoms with Crippen molar-refractivity contribution in [3.63, 3.8) is 0 Å². The lowest BCUT2D eigenvalue weighted by Crippen LogP contribution is -2.37. The van der Waals surface area contributed by atoms with Gasteiger partial charge in [-0.25, -0.2) is 0 Å². The molecule has 2 fully saturated rings. The van der Waals surface area contributed by atoms with Gasteiger partial charge >= 0.3 is 6.18 Å². The van der Waals surface area contributed by atoms with Crippen molar-refractivity contribution in [1.82, 2.24) is 9.80 Å². The largest absolute Gasteiger partial charge is 0.416 e. The van der Waals surface area contributed by atoms with Crippen LogP contribution >= 0.6 is 0 Å². The van der Waals surface area contributed by atoms with Crippen molar-refractivity contribution in [2.45, 2.75) is 31.9 Å². The van der Waals surface area contributed by atoms with Gasteiger partial charge in [0, 0.05) is 39.0 Å². The molecule has 2 amide bonds. The number of amides is 2. The second-order valence-electron chi connectivity index (χ2n) is 6.75. The van der Waals surface area contributed by atoms with E-state index in [1.807, 2.05) is 0 Å². The maximum Gasteiger partial charge on any atom is 0.416 e. The molecule has 1 aromatic carbocycles. The van der Waals surface area contributed by atoms with Gasteiger partial charge in [0.05, 0.1) is 5.56 Å². The molecule has 1 saturated heterocycles. The van der Waals surface area contributed by atoms with Gasteiger partial charge < -0.3 is 9.80 Å². The molecule has 0 bridgehead atoms. The van der Waals surface area contributed by atoms with Crippen LogP contribution in [0.4, 0.5) is 13.2 Å². The molecule has 1 saturated carbocycles. The van der Waals surface area contributed by atoms with E-state index < -0.39 is 11.7 Å². The van der Waals surface area contributed by atoms with Crippen molar-refractivity contribution in [1.29, 1.82) is 0 Å². The standard InChI is InChI=1S/C18H21F3N2O2/c1-12(24)22-7-2-8-23(10-9-22)17(25)16-11-15(16)13-3-5-14(6-4-13)18(19,20)21/h3-6,15-16H,2,7-11H2,1H3. The van der Waals surface area contributed by atoms with Crippen LogP contribution < -0.4 is 0 Å². The average molecular weight is 354 g/mol. The van der Waals surface area contributed by atoms with Crippen molar-refractivity contribution in [2.24, 2.45) is 5.92 Å². The SMILES string of the molecule is CC(=O)N1CCCN(C(=O)C2CC2c2ccc(C(F)(F)F)cc2)CC1. The molecule has 3 rings (SSSR count). The Balaban J connectivity index is 1.59. The lowest BCUT2D eigenvalue weighted by Gasteiger charge is -2.21. The van der Waals surface area contributed by atoms with Crippen LogP contribution in [-0.2, 0) is 15.8 Å². The first kappa shape index (κ1) is 17.8. The Hall–Kier alpha value is -2.05. The summed E-state index contributed by atoms with van der Waals surface area (Å²) in [5.74, 6) is -0.0822. The van der Waals surface area contributed by atoms with Crippen LogP contribution in [0.25, 0.3) is 0 Å².